The number of aromatic nitrogens is 1. The molecule has 0 aliphatic carbocycles. The zero-order chi connectivity index (χ0) is 40.0. The summed E-state index contributed by atoms with van der Waals surface area (Å²) in [6.45, 7) is 7.11. The highest BCUT2D eigenvalue weighted by molar-refractivity contribution is 6.13. The summed E-state index contributed by atoms with van der Waals surface area (Å²) in [5, 5.41) is 10.2. The van der Waals surface area contributed by atoms with Crippen LogP contribution in [0.5, 0.6) is 23.0 Å². The van der Waals surface area contributed by atoms with E-state index in [-0.39, 0.29) is 36.0 Å². The number of rotatable bonds is 7. The van der Waals surface area contributed by atoms with Crippen LogP contribution in [0.3, 0.4) is 0 Å². The number of morpholine rings is 1. The van der Waals surface area contributed by atoms with Gasteiger partial charge in [0.15, 0.2) is 11.5 Å². The maximum absolute atomic E-state index is 15.4. The lowest BCUT2D eigenvalue weighted by atomic mass is 9.92. The molecule has 5 aromatic rings. The van der Waals surface area contributed by atoms with Crippen LogP contribution in [0.25, 0.3) is 11.3 Å². The van der Waals surface area contributed by atoms with E-state index in [0.717, 1.165) is 68.1 Å². The van der Waals surface area contributed by atoms with Crippen molar-refractivity contribution < 1.29 is 33.6 Å². The third kappa shape index (κ3) is 7.41. The highest BCUT2D eigenvalue weighted by Crippen LogP contribution is 2.43. The number of hydrogen-bond acceptors (Lipinski definition) is 9. The van der Waals surface area contributed by atoms with E-state index in [1.165, 1.54) is 5.56 Å². The zero-order valence-electron chi connectivity index (χ0n) is 33.8. The summed E-state index contributed by atoms with van der Waals surface area (Å²) >= 11 is 0. The molecule has 10 rings (SSSR count). The largest absolute Gasteiger partial charge is 0.508 e. The SMILES string of the molecule is CN1CCOc2cc(N(C(=O)c3cc(-c4cc5c(cc4C(=O)N4Cc6ccccc6C[C@H]4CN4CCOCC4)OCCO5)n4c3CCCC4)c3ccc(O)cc3)ccc21.Cl. The van der Waals surface area contributed by atoms with E-state index in [1.807, 2.05) is 54.4 Å². The van der Waals surface area contributed by atoms with E-state index in [1.54, 1.807) is 29.2 Å². The first kappa shape index (κ1) is 39.8. The zero-order valence-corrected chi connectivity index (χ0v) is 34.6. The number of carbonyl (C=O) groups is 2. The Morgan fingerprint density at radius 2 is 1.48 bits per heavy atom. The van der Waals surface area contributed by atoms with Crippen LogP contribution < -0.4 is 24.0 Å². The molecule has 1 atom stereocenters. The summed E-state index contributed by atoms with van der Waals surface area (Å²) < 4.78 is 26.3. The molecule has 0 bridgehead atoms. The lowest BCUT2D eigenvalue weighted by Gasteiger charge is -2.41. The van der Waals surface area contributed by atoms with Crippen LogP contribution in [0.4, 0.5) is 17.1 Å². The van der Waals surface area contributed by atoms with Crippen molar-refractivity contribution in [1.82, 2.24) is 14.4 Å². The molecule has 1 aromatic heterocycles. The van der Waals surface area contributed by atoms with Crippen molar-refractivity contribution in [2.75, 3.05) is 76.1 Å². The molecule has 2 amide bonds. The topological polar surface area (TPSA) is 109 Å². The molecule has 1 N–H and O–H groups in total. The Kier molecular flexibility index (Phi) is 11.1. The van der Waals surface area contributed by atoms with Gasteiger partial charge in [0.1, 0.15) is 31.3 Å². The van der Waals surface area contributed by atoms with Crippen LogP contribution in [0.15, 0.2) is 84.9 Å². The number of fused-ring (bicyclic) bond motifs is 4. The molecule has 12 nitrogen and oxygen atoms in total. The van der Waals surface area contributed by atoms with E-state index >= 15 is 9.59 Å². The number of phenolic OH excluding ortho intramolecular Hbond substituents is 1. The third-order valence-electron chi connectivity index (χ3n) is 12.5. The molecule has 312 valence electrons. The quantitative estimate of drug-likeness (QED) is 0.184. The maximum atomic E-state index is 15.4. The fourth-order valence-electron chi connectivity index (χ4n) is 9.38. The van der Waals surface area contributed by atoms with Gasteiger partial charge in [-0.05, 0) is 91.4 Å². The Morgan fingerprint density at radius 1 is 0.750 bits per heavy atom. The second-order valence-corrected chi connectivity index (χ2v) is 16.1. The predicted octanol–water partition coefficient (Wildman–Crippen LogP) is 7.10. The fourth-order valence-corrected chi connectivity index (χ4v) is 9.38. The van der Waals surface area contributed by atoms with Crippen LogP contribution in [-0.2, 0) is 30.7 Å². The van der Waals surface area contributed by atoms with Crippen molar-refractivity contribution in [2.45, 2.75) is 44.8 Å². The summed E-state index contributed by atoms with van der Waals surface area (Å²) in [6.07, 6.45) is 3.35. The number of benzene rings is 4. The Labute approximate surface area is 356 Å². The Balaban J connectivity index is 0.00000462. The molecule has 4 aromatic carbocycles. The Morgan fingerprint density at radius 3 is 2.28 bits per heavy atom. The Bertz CT molecular complexity index is 2410. The molecule has 0 unspecified atom stereocenters. The first-order valence-corrected chi connectivity index (χ1v) is 20.9. The second kappa shape index (κ2) is 16.8. The molecule has 13 heteroatoms. The van der Waals surface area contributed by atoms with Crippen molar-refractivity contribution in [1.29, 1.82) is 0 Å². The minimum absolute atomic E-state index is 0. The molecule has 5 aliphatic rings. The van der Waals surface area contributed by atoms with Crippen LogP contribution in [0, 0.1) is 0 Å². The van der Waals surface area contributed by atoms with Crippen molar-refractivity contribution >= 4 is 41.3 Å². The third-order valence-corrected chi connectivity index (χ3v) is 12.5. The summed E-state index contributed by atoms with van der Waals surface area (Å²) in [5.74, 6) is 1.67. The predicted molar refractivity (Wildman–Crippen MR) is 232 cm³/mol. The minimum atomic E-state index is -0.208. The van der Waals surface area contributed by atoms with Gasteiger partial charge < -0.3 is 38.4 Å². The average molecular weight is 832 g/mol. The number of ether oxygens (including phenoxy) is 4. The normalized spacial score (nSPS) is 18.3. The number of halogens is 1. The molecule has 5 aliphatic heterocycles. The highest BCUT2D eigenvalue weighted by Gasteiger charge is 2.36. The first-order valence-electron chi connectivity index (χ1n) is 20.9. The van der Waals surface area contributed by atoms with Gasteiger partial charge >= 0.3 is 0 Å². The molecule has 0 radical (unpaired) electrons. The second-order valence-electron chi connectivity index (χ2n) is 16.1. The summed E-state index contributed by atoms with van der Waals surface area (Å²) in [4.78, 5) is 38.9. The van der Waals surface area contributed by atoms with Crippen LogP contribution >= 0.6 is 12.4 Å². The van der Waals surface area contributed by atoms with Crippen molar-refractivity contribution in [3.05, 3.63) is 113 Å². The number of carbonyl (C=O) groups excluding carboxylic acids is 2. The minimum Gasteiger partial charge on any atom is -0.508 e. The van der Waals surface area contributed by atoms with Gasteiger partial charge in [0, 0.05) is 74.5 Å². The van der Waals surface area contributed by atoms with E-state index in [4.69, 9.17) is 18.9 Å². The summed E-state index contributed by atoms with van der Waals surface area (Å²) in [5.41, 5.74) is 8.18. The molecule has 1 fully saturated rings. The number of aromatic hydroxyl groups is 1. The first-order chi connectivity index (χ1) is 28.9. The van der Waals surface area contributed by atoms with Gasteiger partial charge in [-0.2, -0.15) is 0 Å². The fraction of sp³-hybridized carbons (Fsp3) is 0.362. The van der Waals surface area contributed by atoms with Gasteiger partial charge in [0.25, 0.3) is 11.8 Å². The summed E-state index contributed by atoms with van der Waals surface area (Å²) in [7, 11) is 2.03. The van der Waals surface area contributed by atoms with Gasteiger partial charge in [-0.15, -0.1) is 12.4 Å². The van der Waals surface area contributed by atoms with E-state index in [2.05, 4.69) is 32.6 Å². The molecule has 60 heavy (non-hydrogen) atoms. The summed E-state index contributed by atoms with van der Waals surface area (Å²) in [6, 6.07) is 26.7. The van der Waals surface area contributed by atoms with E-state index in [9.17, 15) is 5.11 Å². The lowest BCUT2D eigenvalue weighted by Crippen LogP contribution is -2.52. The highest BCUT2D eigenvalue weighted by atomic mass is 35.5. The monoisotopic (exact) mass is 831 g/mol. The number of anilines is 3. The lowest BCUT2D eigenvalue weighted by molar-refractivity contribution is 0.0193. The number of likely N-dealkylation sites (N-methyl/N-ethyl adjacent to an activating group) is 1. The number of phenols is 1. The van der Waals surface area contributed by atoms with Gasteiger partial charge in [0.05, 0.1) is 42.3 Å². The van der Waals surface area contributed by atoms with E-state index in [0.29, 0.717) is 97.9 Å². The van der Waals surface area contributed by atoms with Gasteiger partial charge in [-0.25, -0.2) is 0 Å². The van der Waals surface area contributed by atoms with E-state index < -0.39 is 0 Å². The molecule has 0 saturated carbocycles. The average Bonchev–Trinajstić information content (AvgIpc) is 3.66. The van der Waals surface area contributed by atoms with Crippen molar-refractivity contribution in [2.24, 2.45) is 0 Å². The van der Waals surface area contributed by atoms with Crippen molar-refractivity contribution in [3.8, 4) is 34.3 Å². The van der Waals surface area contributed by atoms with Gasteiger partial charge in [-0.3, -0.25) is 19.4 Å². The molecule has 1 saturated heterocycles. The van der Waals surface area contributed by atoms with Crippen LogP contribution in [0.1, 0.15) is 50.4 Å². The van der Waals surface area contributed by atoms with Crippen LogP contribution in [0.2, 0.25) is 0 Å². The van der Waals surface area contributed by atoms with Crippen LogP contribution in [-0.4, -0.2) is 104 Å². The van der Waals surface area contributed by atoms with Crippen molar-refractivity contribution in [3.63, 3.8) is 0 Å². The molecular formula is C47H50ClN5O7. The maximum Gasteiger partial charge on any atom is 0.264 e. The number of hydrogen-bond donors (Lipinski definition) is 1. The van der Waals surface area contributed by atoms with Gasteiger partial charge in [-0.1, -0.05) is 24.3 Å². The standard InChI is InChI=1S/C47H49N5O7.ClH/c1-48-16-21-57-43-25-34(11-14-41(43)48)52(33-9-12-36(53)13-10-33)47(55)39-26-42(50-15-5-4-8-40(39)50)37-27-44-45(59-23-22-58-44)28-38(37)46(54)51-29-32-7-3-2-6-31(32)24-35(51)30-49-17-19-56-20-18-49;/h2-3,6-7,9-14,25-28,35,53H,4-5,8,15-24,29-30H2,1H3;1H/t35-;/m0./s1. The molecule has 6 heterocycles. The number of nitrogens with zero attached hydrogens (tertiary/aromatic N) is 5. The number of amides is 2. The van der Waals surface area contributed by atoms with Gasteiger partial charge in [0.2, 0.25) is 0 Å². The Hall–Kier alpha value is -5.69. The molecule has 0 spiro atoms. The smallest absolute Gasteiger partial charge is 0.264 e. The molecular weight excluding hydrogens is 782 g/mol.